The number of carbonyl (C=O) groups excluding carboxylic acids is 1. The average molecular weight is 285 g/mol. The van der Waals surface area contributed by atoms with Gasteiger partial charge in [-0.3, -0.25) is 4.79 Å². The first-order valence-electron chi connectivity index (χ1n) is 6.41. The third-order valence-electron chi connectivity index (χ3n) is 3.50. The van der Waals surface area contributed by atoms with E-state index < -0.39 is 0 Å². The fourth-order valence-electron chi connectivity index (χ4n) is 2.41. The zero-order valence-electron chi connectivity index (χ0n) is 11.2. The Morgan fingerprint density at radius 2 is 2.05 bits per heavy atom. The van der Waals surface area contributed by atoms with Crippen molar-refractivity contribution in [3.8, 4) is 5.75 Å². The Hall–Kier alpha value is -1.26. The lowest BCUT2D eigenvalue weighted by molar-refractivity contribution is 0.0623. The highest BCUT2D eigenvalue weighted by molar-refractivity contribution is 5.94. The Morgan fingerprint density at radius 3 is 2.63 bits per heavy atom. The molecule has 0 radical (unpaired) electrons. The van der Waals surface area contributed by atoms with Crippen molar-refractivity contribution in [1.82, 2.24) is 4.90 Å². The molecule has 106 valence electrons. The lowest BCUT2D eigenvalue weighted by atomic mass is 10.0. The van der Waals surface area contributed by atoms with Crippen LogP contribution in [0.15, 0.2) is 24.3 Å². The Kier molecular flexibility index (Phi) is 6.12. The maximum Gasteiger partial charge on any atom is 0.254 e. The Morgan fingerprint density at radius 1 is 1.37 bits per heavy atom. The number of hydrogen-bond donors (Lipinski definition) is 1. The second-order valence-corrected chi connectivity index (χ2v) is 4.61. The lowest BCUT2D eigenvalue weighted by Gasteiger charge is -2.35. The topological polar surface area (TPSA) is 55.6 Å². The second-order valence-electron chi connectivity index (χ2n) is 4.61. The molecule has 1 aromatic rings. The van der Waals surface area contributed by atoms with Crippen LogP contribution in [-0.2, 0) is 0 Å². The minimum atomic E-state index is 0. The average Bonchev–Trinajstić information content (AvgIpc) is 2.46. The first-order valence-corrected chi connectivity index (χ1v) is 6.41. The van der Waals surface area contributed by atoms with Crippen molar-refractivity contribution in [2.45, 2.75) is 25.3 Å². The van der Waals surface area contributed by atoms with E-state index in [1.54, 1.807) is 7.11 Å². The zero-order valence-corrected chi connectivity index (χ0v) is 12.0. The van der Waals surface area contributed by atoms with E-state index in [2.05, 4.69) is 0 Å². The molecule has 0 bridgehead atoms. The number of halogens is 1. The van der Waals surface area contributed by atoms with E-state index in [0.717, 1.165) is 31.6 Å². The van der Waals surface area contributed by atoms with Gasteiger partial charge in [-0.05, 0) is 43.5 Å². The molecule has 4 nitrogen and oxygen atoms in total. The molecule has 0 spiro atoms. The summed E-state index contributed by atoms with van der Waals surface area (Å²) < 4.78 is 5.09. The van der Waals surface area contributed by atoms with Crippen LogP contribution in [0.1, 0.15) is 29.6 Å². The van der Waals surface area contributed by atoms with Gasteiger partial charge in [-0.25, -0.2) is 0 Å². The number of amides is 1. The molecule has 5 heteroatoms. The molecular weight excluding hydrogens is 264 g/mol. The molecule has 1 fully saturated rings. The molecule has 1 saturated heterocycles. The number of hydrogen-bond acceptors (Lipinski definition) is 3. The normalized spacial score (nSPS) is 18.6. The van der Waals surface area contributed by atoms with Gasteiger partial charge in [0.1, 0.15) is 5.75 Å². The first kappa shape index (κ1) is 15.8. The van der Waals surface area contributed by atoms with Crippen molar-refractivity contribution in [3.63, 3.8) is 0 Å². The van der Waals surface area contributed by atoms with E-state index in [9.17, 15) is 4.79 Å². The van der Waals surface area contributed by atoms with Crippen LogP contribution < -0.4 is 10.5 Å². The van der Waals surface area contributed by atoms with Gasteiger partial charge in [0.15, 0.2) is 0 Å². The number of likely N-dealkylation sites (tertiary alicyclic amines) is 1. The standard InChI is InChI=1S/C14H20N2O2.ClH/c1-18-13-7-5-11(6-8-13)14(17)16-9-3-2-4-12(16)10-15;/h5-8,12H,2-4,9-10,15H2,1H3;1H. The van der Waals surface area contributed by atoms with E-state index in [4.69, 9.17) is 10.5 Å². The van der Waals surface area contributed by atoms with Crippen LogP contribution in [0.5, 0.6) is 5.75 Å². The molecule has 1 unspecified atom stereocenters. The van der Waals surface area contributed by atoms with Crippen LogP contribution in [0.2, 0.25) is 0 Å². The van der Waals surface area contributed by atoms with E-state index in [0.29, 0.717) is 12.1 Å². The largest absolute Gasteiger partial charge is 0.497 e. The number of nitrogens with zero attached hydrogens (tertiary/aromatic N) is 1. The van der Waals surface area contributed by atoms with Gasteiger partial charge in [-0.2, -0.15) is 0 Å². The molecule has 2 rings (SSSR count). The van der Waals surface area contributed by atoms with Crippen molar-refractivity contribution in [1.29, 1.82) is 0 Å². The van der Waals surface area contributed by atoms with E-state index in [1.807, 2.05) is 29.2 Å². The first-order chi connectivity index (χ1) is 8.76. The van der Waals surface area contributed by atoms with Crippen molar-refractivity contribution >= 4 is 18.3 Å². The van der Waals surface area contributed by atoms with Gasteiger partial charge in [0.05, 0.1) is 7.11 Å². The quantitative estimate of drug-likeness (QED) is 0.924. The summed E-state index contributed by atoms with van der Waals surface area (Å²) in [7, 11) is 1.62. The minimum absolute atomic E-state index is 0. The van der Waals surface area contributed by atoms with Crippen molar-refractivity contribution in [2.75, 3.05) is 20.2 Å². The highest BCUT2D eigenvalue weighted by Crippen LogP contribution is 2.20. The maximum atomic E-state index is 12.4. The van der Waals surface area contributed by atoms with Crippen LogP contribution in [-0.4, -0.2) is 37.0 Å². The number of carbonyl (C=O) groups is 1. The molecule has 1 amide bonds. The fourth-order valence-corrected chi connectivity index (χ4v) is 2.41. The molecule has 1 heterocycles. The van der Waals surface area contributed by atoms with Crippen molar-refractivity contribution < 1.29 is 9.53 Å². The van der Waals surface area contributed by atoms with Gasteiger partial charge in [-0.1, -0.05) is 0 Å². The lowest BCUT2D eigenvalue weighted by Crippen LogP contribution is -2.47. The van der Waals surface area contributed by atoms with E-state index >= 15 is 0 Å². The van der Waals surface area contributed by atoms with Crippen molar-refractivity contribution in [2.24, 2.45) is 5.73 Å². The van der Waals surface area contributed by atoms with Crippen LogP contribution in [0.4, 0.5) is 0 Å². The minimum Gasteiger partial charge on any atom is -0.497 e. The summed E-state index contributed by atoms with van der Waals surface area (Å²) >= 11 is 0. The predicted octanol–water partition coefficient (Wildman–Crippen LogP) is 2.07. The number of rotatable bonds is 3. The third kappa shape index (κ3) is 3.61. The molecule has 0 aliphatic carbocycles. The van der Waals surface area contributed by atoms with Gasteiger partial charge >= 0.3 is 0 Å². The van der Waals surface area contributed by atoms with Crippen LogP contribution in [0.25, 0.3) is 0 Å². The summed E-state index contributed by atoms with van der Waals surface area (Å²) in [5.41, 5.74) is 6.45. The molecule has 0 saturated carbocycles. The van der Waals surface area contributed by atoms with Gasteiger partial charge in [0, 0.05) is 24.7 Å². The third-order valence-corrected chi connectivity index (χ3v) is 3.50. The fraction of sp³-hybridized carbons (Fsp3) is 0.500. The molecular formula is C14H21ClN2O2. The number of benzene rings is 1. The molecule has 1 atom stereocenters. The molecule has 1 aromatic carbocycles. The SMILES string of the molecule is COc1ccc(C(=O)N2CCCCC2CN)cc1.Cl. The molecule has 1 aliphatic heterocycles. The van der Waals surface area contributed by atoms with Gasteiger partial charge < -0.3 is 15.4 Å². The van der Waals surface area contributed by atoms with Crippen molar-refractivity contribution in [3.05, 3.63) is 29.8 Å². The summed E-state index contributed by atoms with van der Waals surface area (Å²) in [6.07, 6.45) is 3.24. The highest BCUT2D eigenvalue weighted by Gasteiger charge is 2.26. The molecule has 2 N–H and O–H groups in total. The Labute approximate surface area is 120 Å². The van der Waals surface area contributed by atoms with Crippen LogP contribution in [0, 0.1) is 0 Å². The van der Waals surface area contributed by atoms with Gasteiger partial charge in [0.2, 0.25) is 0 Å². The molecule has 19 heavy (non-hydrogen) atoms. The zero-order chi connectivity index (χ0) is 13.0. The predicted molar refractivity (Wildman–Crippen MR) is 78.0 cm³/mol. The summed E-state index contributed by atoms with van der Waals surface area (Å²) in [6, 6.07) is 7.43. The summed E-state index contributed by atoms with van der Waals surface area (Å²) in [6.45, 7) is 1.36. The number of piperidine rings is 1. The molecule has 0 aromatic heterocycles. The number of ether oxygens (including phenoxy) is 1. The highest BCUT2D eigenvalue weighted by atomic mass is 35.5. The Bertz CT molecular complexity index is 408. The van der Waals surface area contributed by atoms with Gasteiger partial charge in [-0.15, -0.1) is 12.4 Å². The van der Waals surface area contributed by atoms with E-state index in [1.165, 1.54) is 0 Å². The second kappa shape index (κ2) is 7.36. The molecule has 1 aliphatic rings. The maximum absolute atomic E-state index is 12.4. The monoisotopic (exact) mass is 284 g/mol. The summed E-state index contributed by atoms with van der Waals surface area (Å²) in [5.74, 6) is 0.841. The summed E-state index contributed by atoms with van der Waals surface area (Å²) in [5, 5.41) is 0. The van der Waals surface area contributed by atoms with Crippen LogP contribution >= 0.6 is 12.4 Å². The van der Waals surface area contributed by atoms with E-state index in [-0.39, 0.29) is 24.4 Å². The number of methoxy groups -OCH3 is 1. The summed E-state index contributed by atoms with van der Waals surface area (Å²) in [4.78, 5) is 14.3. The number of nitrogens with two attached hydrogens (primary N) is 1. The van der Waals surface area contributed by atoms with Crippen LogP contribution in [0.3, 0.4) is 0 Å². The smallest absolute Gasteiger partial charge is 0.254 e. The Balaban J connectivity index is 0.00000180. The van der Waals surface area contributed by atoms with Gasteiger partial charge in [0.25, 0.3) is 5.91 Å².